The van der Waals surface area contributed by atoms with E-state index >= 15 is 0 Å². The molecule has 0 saturated heterocycles. The van der Waals surface area contributed by atoms with Crippen LogP contribution in [0, 0.1) is 5.41 Å². The maximum Gasteiger partial charge on any atom is 0.220 e. The summed E-state index contributed by atoms with van der Waals surface area (Å²) in [6, 6.07) is 0. The van der Waals surface area contributed by atoms with Gasteiger partial charge in [0.2, 0.25) is 5.91 Å². The third-order valence-corrected chi connectivity index (χ3v) is 2.76. The Kier molecular flexibility index (Phi) is 8.20. The number of hydrogen-bond acceptors (Lipinski definition) is 3. The van der Waals surface area contributed by atoms with Gasteiger partial charge in [-0.2, -0.15) is 0 Å². The summed E-state index contributed by atoms with van der Waals surface area (Å²) in [5.41, 5.74) is 0.0342. The van der Waals surface area contributed by atoms with Crippen LogP contribution in [-0.4, -0.2) is 36.4 Å². The van der Waals surface area contributed by atoms with Crippen LogP contribution in [0.2, 0.25) is 0 Å². The van der Waals surface area contributed by atoms with Crippen LogP contribution in [0.1, 0.15) is 53.9 Å². The Morgan fingerprint density at radius 1 is 1.39 bits per heavy atom. The summed E-state index contributed by atoms with van der Waals surface area (Å²) >= 11 is 0. The van der Waals surface area contributed by atoms with E-state index in [1.165, 1.54) is 0 Å². The molecule has 2 N–H and O–H groups in total. The SMILES string of the molecule is CCCC(C)(C)CC(=O)NCC(CO)OC(C)C. The smallest absolute Gasteiger partial charge is 0.220 e. The topological polar surface area (TPSA) is 58.6 Å². The molecule has 1 amide bonds. The number of aliphatic hydroxyl groups excluding tert-OH is 1. The maximum atomic E-state index is 11.8. The van der Waals surface area contributed by atoms with Gasteiger partial charge in [-0.1, -0.05) is 27.2 Å². The average molecular weight is 259 g/mol. The van der Waals surface area contributed by atoms with Crippen LogP contribution in [0.15, 0.2) is 0 Å². The molecule has 0 bridgehead atoms. The second kappa shape index (κ2) is 8.48. The van der Waals surface area contributed by atoms with Crippen molar-refractivity contribution in [2.24, 2.45) is 5.41 Å². The number of carbonyl (C=O) groups excluding carboxylic acids is 1. The van der Waals surface area contributed by atoms with E-state index in [0.717, 1.165) is 12.8 Å². The Morgan fingerprint density at radius 3 is 2.44 bits per heavy atom. The van der Waals surface area contributed by atoms with E-state index in [4.69, 9.17) is 9.84 Å². The molecular formula is C14H29NO3. The van der Waals surface area contributed by atoms with Gasteiger partial charge in [0, 0.05) is 13.0 Å². The van der Waals surface area contributed by atoms with Gasteiger partial charge in [0.05, 0.1) is 18.8 Å². The Balaban J connectivity index is 4.01. The monoisotopic (exact) mass is 259 g/mol. The van der Waals surface area contributed by atoms with Gasteiger partial charge >= 0.3 is 0 Å². The minimum Gasteiger partial charge on any atom is -0.394 e. The number of carbonyl (C=O) groups is 1. The number of ether oxygens (including phenoxy) is 1. The van der Waals surface area contributed by atoms with E-state index < -0.39 is 0 Å². The second-order valence-electron chi connectivity index (χ2n) is 5.88. The van der Waals surface area contributed by atoms with Gasteiger partial charge in [0.25, 0.3) is 0 Å². The van der Waals surface area contributed by atoms with Gasteiger partial charge in [0.15, 0.2) is 0 Å². The largest absolute Gasteiger partial charge is 0.394 e. The summed E-state index contributed by atoms with van der Waals surface area (Å²) in [5, 5.41) is 12.0. The van der Waals surface area contributed by atoms with E-state index in [-0.39, 0.29) is 30.1 Å². The van der Waals surface area contributed by atoms with Crippen LogP contribution in [0.5, 0.6) is 0 Å². The summed E-state index contributed by atoms with van der Waals surface area (Å²) in [4.78, 5) is 11.8. The van der Waals surface area contributed by atoms with Crippen molar-refractivity contribution in [2.45, 2.75) is 66.1 Å². The fraction of sp³-hybridized carbons (Fsp3) is 0.929. The molecule has 0 radical (unpaired) electrons. The average Bonchev–Trinajstić information content (AvgIpc) is 2.22. The molecule has 0 rings (SSSR count). The molecule has 1 atom stereocenters. The highest BCUT2D eigenvalue weighted by atomic mass is 16.5. The van der Waals surface area contributed by atoms with Gasteiger partial charge in [0.1, 0.15) is 0 Å². The Labute approximate surface area is 111 Å². The molecule has 0 aliphatic heterocycles. The minimum absolute atomic E-state index is 0.0271. The fourth-order valence-electron chi connectivity index (χ4n) is 2.03. The van der Waals surface area contributed by atoms with Crippen LogP contribution < -0.4 is 5.32 Å². The number of rotatable bonds is 9. The van der Waals surface area contributed by atoms with E-state index in [1.807, 2.05) is 13.8 Å². The molecule has 1 unspecified atom stereocenters. The third-order valence-electron chi connectivity index (χ3n) is 2.76. The highest BCUT2D eigenvalue weighted by Crippen LogP contribution is 2.26. The Bertz CT molecular complexity index is 239. The summed E-state index contributed by atoms with van der Waals surface area (Å²) in [5.74, 6) is 0.0271. The van der Waals surface area contributed by atoms with Crippen molar-refractivity contribution < 1.29 is 14.6 Å². The third kappa shape index (κ3) is 8.48. The zero-order valence-corrected chi connectivity index (χ0v) is 12.5. The van der Waals surface area contributed by atoms with Crippen molar-refractivity contribution in [3.05, 3.63) is 0 Å². The quantitative estimate of drug-likeness (QED) is 0.666. The lowest BCUT2D eigenvalue weighted by atomic mass is 9.84. The van der Waals surface area contributed by atoms with Crippen molar-refractivity contribution in [3.8, 4) is 0 Å². The van der Waals surface area contributed by atoms with Crippen molar-refractivity contribution in [3.63, 3.8) is 0 Å². The van der Waals surface area contributed by atoms with Crippen molar-refractivity contribution in [1.29, 1.82) is 0 Å². The first kappa shape index (κ1) is 17.4. The second-order valence-corrected chi connectivity index (χ2v) is 5.88. The first-order valence-electron chi connectivity index (χ1n) is 6.83. The molecule has 4 heteroatoms. The van der Waals surface area contributed by atoms with Crippen molar-refractivity contribution >= 4 is 5.91 Å². The fourth-order valence-corrected chi connectivity index (χ4v) is 2.03. The van der Waals surface area contributed by atoms with Crippen molar-refractivity contribution in [1.82, 2.24) is 5.32 Å². The van der Waals surface area contributed by atoms with Crippen LogP contribution in [0.4, 0.5) is 0 Å². The molecule has 0 aromatic carbocycles. The normalized spacial score (nSPS) is 13.7. The van der Waals surface area contributed by atoms with Gasteiger partial charge in [-0.25, -0.2) is 0 Å². The number of aliphatic hydroxyl groups is 1. The summed E-state index contributed by atoms with van der Waals surface area (Å²) in [6.07, 6.45) is 2.36. The predicted molar refractivity (Wildman–Crippen MR) is 73.4 cm³/mol. The highest BCUT2D eigenvalue weighted by Gasteiger charge is 2.21. The zero-order valence-electron chi connectivity index (χ0n) is 12.5. The molecule has 4 nitrogen and oxygen atoms in total. The van der Waals surface area contributed by atoms with E-state index in [9.17, 15) is 4.79 Å². The highest BCUT2D eigenvalue weighted by molar-refractivity contribution is 5.76. The van der Waals surface area contributed by atoms with Crippen LogP contribution in [0.3, 0.4) is 0 Å². The number of amides is 1. The van der Waals surface area contributed by atoms with E-state index in [1.54, 1.807) is 0 Å². The lowest BCUT2D eigenvalue weighted by molar-refractivity contribution is -0.124. The lowest BCUT2D eigenvalue weighted by Gasteiger charge is -2.24. The minimum atomic E-state index is -0.316. The molecular weight excluding hydrogens is 230 g/mol. The molecule has 0 saturated carbocycles. The Hall–Kier alpha value is -0.610. The molecule has 0 aromatic rings. The maximum absolute atomic E-state index is 11.8. The molecule has 0 heterocycles. The summed E-state index contributed by atoms with van der Waals surface area (Å²) in [6.45, 7) is 10.4. The van der Waals surface area contributed by atoms with Gasteiger partial charge in [-0.05, 0) is 25.7 Å². The summed E-state index contributed by atoms with van der Waals surface area (Å²) in [7, 11) is 0. The molecule has 108 valence electrons. The first-order valence-corrected chi connectivity index (χ1v) is 6.83. The zero-order chi connectivity index (χ0) is 14.2. The number of hydrogen-bond donors (Lipinski definition) is 2. The van der Waals surface area contributed by atoms with Crippen LogP contribution in [-0.2, 0) is 9.53 Å². The summed E-state index contributed by atoms with van der Waals surface area (Å²) < 4.78 is 5.46. The Morgan fingerprint density at radius 2 is 2.00 bits per heavy atom. The molecule has 0 fully saturated rings. The van der Waals surface area contributed by atoms with Crippen LogP contribution in [0.25, 0.3) is 0 Å². The molecule has 0 spiro atoms. The van der Waals surface area contributed by atoms with Crippen molar-refractivity contribution in [2.75, 3.05) is 13.2 Å². The van der Waals surface area contributed by atoms with Crippen LogP contribution >= 0.6 is 0 Å². The number of nitrogens with one attached hydrogen (secondary N) is 1. The molecule has 18 heavy (non-hydrogen) atoms. The lowest BCUT2D eigenvalue weighted by Crippen LogP contribution is -2.38. The van der Waals surface area contributed by atoms with E-state index in [2.05, 4.69) is 26.1 Å². The molecule has 0 aliphatic rings. The predicted octanol–water partition coefficient (Wildman–Crippen LogP) is 2.10. The van der Waals surface area contributed by atoms with Gasteiger partial charge in [-0.15, -0.1) is 0 Å². The molecule has 0 aliphatic carbocycles. The molecule has 0 aromatic heterocycles. The first-order chi connectivity index (χ1) is 8.30. The van der Waals surface area contributed by atoms with Gasteiger partial charge < -0.3 is 15.2 Å². The van der Waals surface area contributed by atoms with E-state index in [0.29, 0.717) is 13.0 Å². The standard InChI is InChI=1S/C14H29NO3/c1-6-7-14(4,5)8-13(17)15-9-12(10-16)18-11(2)3/h11-12,16H,6-10H2,1-5H3,(H,15,17). The van der Waals surface area contributed by atoms with Gasteiger partial charge in [-0.3, -0.25) is 4.79 Å².